The van der Waals surface area contributed by atoms with Crippen LogP contribution in [0.2, 0.25) is 0 Å². The van der Waals surface area contributed by atoms with Crippen LogP contribution >= 0.6 is 0 Å². The number of carbonyl (C=O) groups is 1. The summed E-state index contributed by atoms with van der Waals surface area (Å²) < 4.78 is 5.29. The molecular formula is C25H21N3O2. The summed E-state index contributed by atoms with van der Waals surface area (Å²) in [5.41, 5.74) is 4.79. The Bertz CT molecular complexity index is 1130. The van der Waals surface area contributed by atoms with Gasteiger partial charge in [0.15, 0.2) is 17.9 Å². The van der Waals surface area contributed by atoms with Crippen molar-refractivity contribution in [2.24, 2.45) is 0 Å². The van der Waals surface area contributed by atoms with Gasteiger partial charge in [-0.25, -0.2) is 4.98 Å². The highest BCUT2D eigenvalue weighted by Crippen LogP contribution is 2.23. The number of carbonyl (C=O) groups excluding carboxylic acids is 1. The van der Waals surface area contributed by atoms with Crippen LogP contribution in [0, 0.1) is 0 Å². The number of nitrogens with zero attached hydrogens (tertiary/aromatic N) is 2. The lowest BCUT2D eigenvalue weighted by Gasteiger charge is -2.16. The number of oxazole rings is 1. The van der Waals surface area contributed by atoms with Gasteiger partial charge in [0.05, 0.1) is 17.9 Å². The summed E-state index contributed by atoms with van der Waals surface area (Å²) in [6.45, 7) is 5.78. The molecule has 148 valence electrons. The lowest BCUT2D eigenvalue weighted by molar-refractivity contribution is -0.114. The molecule has 2 aromatic carbocycles. The zero-order valence-corrected chi connectivity index (χ0v) is 16.6. The Kier molecular flexibility index (Phi) is 5.52. The lowest BCUT2D eigenvalue weighted by Crippen LogP contribution is -2.26. The molecule has 0 aliphatic rings. The fourth-order valence-corrected chi connectivity index (χ4v) is 3.17. The van der Waals surface area contributed by atoms with E-state index in [2.05, 4.69) is 21.9 Å². The molecule has 4 rings (SSSR count). The van der Waals surface area contributed by atoms with E-state index in [-0.39, 0.29) is 5.78 Å². The van der Waals surface area contributed by atoms with Crippen LogP contribution in [-0.4, -0.2) is 21.8 Å². The Balaban J connectivity index is 1.41. The van der Waals surface area contributed by atoms with Gasteiger partial charge in [-0.15, -0.1) is 0 Å². The monoisotopic (exact) mass is 395 g/mol. The first-order valence-corrected chi connectivity index (χ1v) is 9.62. The van der Waals surface area contributed by atoms with Gasteiger partial charge in [-0.2, -0.15) is 0 Å². The molecule has 30 heavy (non-hydrogen) atoms. The first kappa shape index (κ1) is 19.3. The largest absolute Gasteiger partial charge is 0.444 e. The van der Waals surface area contributed by atoms with Crippen LogP contribution in [0.4, 0.5) is 5.69 Å². The zero-order valence-electron chi connectivity index (χ0n) is 16.6. The van der Waals surface area contributed by atoms with Crippen molar-refractivity contribution in [1.29, 1.82) is 0 Å². The standard InChI is InChI=1S/C25H21N3O2/c1-17(23-13-10-21(14-27-23)19-6-4-3-5-7-19)25(29)18(2)28-22-11-8-20(9-12-22)24-15-26-16-30-24/h3-16,18,28H,1H2,2H3. The predicted octanol–water partition coefficient (Wildman–Crippen LogP) is 5.49. The molecule has 0 amide bonds. The molecule has 1 N–H and O–H groups in total. The number of pyridine rings is 1. The number of benzene rings is 2. The highest BCUT2D eigenvalue weighted by molar-refractivity contribution is 6.22. The highest BCUT2D eigenvalue weighted by atomic mass is 16.3. The molecule has 5 nitrogen and oxygen atoms in total. The maximum atomic E-state index is 12.8. The third-order valence-electron chi connectivity index (χ3n) is 4.86. The van der Waals surface area contributed by atoms with Gasteiger partial charge in [-0.1, -0.05) is 43.0 Å². The second kappa shape index (κ2) is 8.57. The van der Waals surface area contributed by atoms with Gasteiger partial charge in [-0.3, -0.25) is 9.78 Å². The van der Waals surface area contributed by atoms with E-state index in [9.17, 15) is 4.79 Å². The van der Waals surface area contributed by atoms with E-state index in [4.69, 9.17) is 4.42 Å². The van der Waals surface area contributed by atoms with Crippen LogP contribution in [0.25, 0.3) is 28.0 Å². The smallest absolute Gasteiger partial charge is 0.186 e. The molecule has 4 aromatic rings. The number of aromatic nitrogens is 2. The maximum absolute atomic E-state index is 12.8. The summed E-state index contributed by atoms with van der Waals surface area (Å²) >= 11 is 0. The van der Waals surface area contributed by atoms with Gasteiger partial charge in [0.25, 0.3) is 0 Å². The van der Waals surface area contributed by atoms with Crippen molar-refractivity contribution < 1.29 is 9.21 Å². The SMILES string of the molecule is C=C(C(=O)C(C)Nc1ccc(-c2cnco2)cc1)c1ccc(-c2ccccc2)cn1. The lowest BCUT2D eigenvalue weighted by atomic mass is 10.0. The van der Waals surface area contributed by atoms with Crippen LogP contribution in [0.15, 0.2) is 96.5 Å². The van der Waals surface area contributed by atoms with E-state index in [1.807, 2.05) is 73.7 Å². The Labute approximate surface area is 175 Å². The Hall–Kier alpha value is -3.99. The molecule has 0 aliphatic heterocycles. The summed E-state index contributed by atoms with van der Waals surface area (Å²) in [4.78, 5) is 21.2. The fourth-order valence-electron chi connectivity index (χ4n) is 3.17. The molecule has 0 aliphatic carbocycles. The number of nitrogens with one attached hydrogen (secondary N) is 1. The van der Waals surface area contributed by atoms with Crippen LogP contribution in [-0.2, 0) is 4.79 Å². The zero-order chi connectivity index (χ0) is 20.9. The highest BCUT2D eigenvalue weighted by Gasteiger charge is 2.18. The molecule has 5 heteroatoms. The number of hydrogen-bond donors (Lipinski definition) is 1. The molecule has 0 spiro atoms. The second-order valence-electron chi connectivity index (χ2n) is 6.95. The quantitative estimate of drug-likeness (QED) is 0.419. The normalized spacial score (nSPS) is 11.6. The summed E-state index contributed by atoms with van der Waals surface area (Å²) in [5.74, 6) is 0.596. The molecule has 0 fully saturated rings. The Morgan fingerprint density at radius 1 is 0.933 bits per heavy atom. The van der Waals surface area contributed by atoms with Gasteiger partial charge in [0.1, 0.15) is 0 Å². The average Bonchev–Trinajstić information content (AvgIpc) is 3.34. The number of anilines is 1. The molecule has 0 saturated heterocycles. The summed E-state index contributed by atoms with van der Waals surface area (Å²) in [6.07, 6.45) is 4.83. The minimum Gasteiger partial charge on any atom is -0.444 e. The predicted molar refractivity (Wildman–Crippen MR) is 119 cm³/mol. The molecular weight excluding hydrogens is 374 g/mol. The van der Waals surface area contributed by atoms with E-state index in [0.29, 0.717) is 17.0 Å². The topological polar surface area (TPSA) is 68.0 Å². The van der Waals surface area contributed by atoms with Crippen LogP contribution in [0.1, 0.15) is 12.6 Å². The van der Waals surface area contributed by atoms with Crippen molar-refractivity contribution in [3.8, 4) is 22.5 Å². The number of hydrogen-bond acceptors (Lipinski definition) is 5. The van der Waals surface area contributed by atoms with E-state index in [1.54, 1.807) is 12.4 Å². The second-order valence-corrected chi connectivity index (χ2v) is 6.95. The Morgan fingerprint density at radius 2 is 1.67 bits per heavy atom. The molecule has 1 atom stereocenters. The molecule has 0 saturated carbocycles. The van der Waals surface area contributed by atoms with Crippen molar-refractivity contribution in [3.63, 3.8) is 0 Å². The molecule has 1 unspecified atom stereocenters. The third-order valence-corrected chi connectivity index (χ3v) is 4.86. The van der Waals surface area contributed by atoms with E-state index < -0.39 is 6.04 Å². The van der Waals surface area contributed by atoms with Crippen LogP contribution in [0.5, 0.6) is 0 Å². The molecule has 0 bridgehead atoms. The van der Waals surface area contributed by atoms with Gasteiger partial charge in [0, 0.05) is 28.6 Å². The first-order chi connectivity index (χ1) is 14.6. The summed E-state index contributed by atoms with van der Waals surface area (Å²) in [7, 11) is 0. The van der Waals surface area contributed by atoms with Crippen molar-refractivity contribution in [2.45, 2.75) is 13.0 Å². The minimum atomic E-state index is -0.441. The molecule has 2 heterocycles. The maximum Gasteiger partial charge on any atom is 0.186 e. The number of Topliss-reactive ketones (excluding diaryl/α,β-unsaturated/α-hetero) is 1. The van der Waals surface area contributed by atoms with Gasteiger partial charge >= 0.3 is 0 Å². The van der Waals surface area contributed by atoms with Crippen LogP contribution in [0.3, 0.4) is 0 Å². The van der Waals surface area contributed by atoms with Crippen molar-refractivity contribution >= 4 is 17.0 Å². The average molecular weight is 395 g/mol. The van der Waals surface area contributed by atoms with E-state index in [1.165, 1.54) is 6.39 Å². The van der Waals surface area contributed by atoms with Crippen LogP contribution < -0.4 is 5.32 Å². The molecule has 2 aromatic heterocycles. The number of rotatable bonds is 7. The van der Waals surface area contributed by atoms with Gasteiger partial charge in [-0.05, 0) is 42.8 Å². The summed E-state index contributed by atoms with van der Waals surface area (Å²) in [5, 5.41) is 3.22. The van der Waals surface area contributed by atoms with E-state index >= 15 is 0 Å². The van der Waals surface area contributed by atoms with Crippen molar-refractivity contribution in [1.82, 2.24) is 9.97 Å². The molecule has 0 radical (unpaired) electrons. The minimum absolute atomic E-state index is 0.103. The van der Waals surface area contributed by atoms with Crippen molar-refractivity contribution in [3.05, 3.63) is 97.8 Å². The Morgan fingerprint density at radius 3 is 2.30 bits per heavy atom. The van der Waals surface area contributed by atoms with E-state index in [0.717, 1.165) is 22.4 Å². The first-order valence-electron chi connectivity index (χ1n) is 9.62. The summed E-state index contributed by atoms with van der Waals surface area (Å²) in [6, 6.07) is 21.0. The third kappa shape index (κ3) is 4.20. The van der Waals surface area contributed by atoms with Gasteiger partial charge < -0.3 is 9.73 Å². The fraction of sp³-hybridized carbons (Fsp3) is 0.0800. The van der Waals surface area contributed by atoms with Crippen molar-refractivity contribution in [2.75, 3.05) is 5.32 Å². The number of ketones is 1. The van der Waals surface area contributed by atoms with Gasteiger partial charge in [0.2, 0.25) is 0 Å².